The number of epoxide rings is 2. The largest absolute Gasteiger partial charge is 0.379 e. The molecule has 14 heavy (non-hydrogen) atoms. The Bertz CT molecular complexity index is 136. The third kappa shape index (κ3) is 4.91. The topological polar surface area (TPSA) is 43.5 Å². The zero-order valence-corrected chi connectivity index (χ0v) is 8.31. The maximum absolute atomic E-state index is 5.37. The van der Waals surface area contributed by atoms with E-state index < -0.39 is 0 Å². The lowest BCUT2D eigenvalue weighted by Gasteiger charge is -2.02. The number of unbranched alkanes of at least 4 members (excludes halogenated alkanes) is 1. The van der Waals surface area contributed by atoms with E-state index in [4.69, 9.17) is 18.9 Å². The molecule has 81 valence electrons. The van der Waals surface area contributed by atoms with Gasteiger partial charge in [0.15, 0.2) is 0 Å². The average Bonchev–Trinajstić information content (AvgIpc) is 3.00. The zero-order chi connectivity index (χ0) is 9.64. The van der Waals surface area contributed by atoms with Gasteiger partial charge in [-0.3, -0.25) is 0 Å². The molecule has 2 saturated heterocycles. The van der Waals surface area contributed by atoms with Crippen molar-refractivity contribution < 1.29 is 18.9 Å². The van der Waals surface area contributed by atoms with Crippen molar-refractivity contribution in [1.82, 2.24) is 0 Å². The van der Waals surface area contributed by atoms with Gasteiger partial charge in [0.1, 0.15) is 12.2 Å². The maximum Gasteiger partial charge on any atom is 0.104 e. The molecule has 1 radical (unpaired) electrons. The molecule has 2 unspecified atom stereocenters. The molecule has 0 aromatic carbocycles. The summed E-state index contributed by atoms with van der Waals surface area (Å²) in [5.41, 5.74) is 0. The lowest BCUT2D eigenvalue weighted by atomic mass is 10.3. The normalized spacial score (nSPS) is 29.1. The van der Waals surface area contributed by atoms with Crippen LogP contribution >= 0.6 is 0 Å². The van der Waals surface area contributed by atoms with Crippen LogP contribution in [-0.4, -0.2) is 45.2 Å². The number of ether oxygens (including phenoxy) is 4. The first kappa shape index (κ1) is 10.4. The molecule has 0 spiro atoms. The van der Waals surface area contributed by atoms with Crippen molar-refractivity contribution in [2.75, 3.05) is 33.0 Å². The van der Waals surface area contributed by atoms with E-state index in [9.17, 15) is 0 Å². The minimum atomic E-state index is 0.356. The molecule has 2 atom stereocenters. The van der Waals surface area contributed by atoms with Crippen LogP contribution in [0, 0.1) is 6.61 Å². The van der Waals surface area contributed by atoms with Crippen LogP contribution in [0.2, 0.25) is 0 Å². The monoisotopic (exact) mass is 201 g/mol. The predicted octanol–water partition coefficient (Wildman–Crippen LogP) is 0.759. The van der Waals surface area contributed by atoms with Gasteiger partial charge >= 0.3 is 0 Å². The van der Waals surface area contributed by atoms with E-state index >= 15 is 0 Å². The van der Waals surface area contributed by atoms with Crippen molar-refractivity contribution in [3.05, 3.63) is 6.61 Å². The standard InChI is InChI=1S/C10H17O4/c1(3-11-5-9-7-13-9)2-4-12-6-10-8-14-10/h3,9-10H,1-2,4-8H2. The molecule has 0 saturated carbocycles. The van der Waals surface area contributed by atoms with E-state index in [1.54, 1.807) is 0 Å². The average molecular weight is 201 g/mol. The van der Waals surface area contributed by atoms with Gasteiger partial charge in [0.25, 0.3) is 0 Å². The van der Waals surface area contributed by atoms with Crippen LogP contribution in [0.1, 0.15) is 12.8 Å². The molecule has 0 N–H and O–H groups in total. The summed E-state index contributed by atoms with van der Waals surface area (Å²) in [5.74, 6) is 0. The van der Waals surface area contributed by atoms with Gasteiger partial charge < -0.3 is 18.9 Å². The molecule has 0 aromatic heterocycles. The molecule has 0 aromatic rings. The minimum absolute atomic E-state index is 0.356. The third-order valence-corrected chi connectivity index (χ3v) is 2.12. The Morgan fingerprint density at radius 2 is 1.86 bits per heavy atom. The molecule has 2 heterocycles. The molecule has 0 amide bonds. The fraction of sp³-hybridized carbons (Fsp3) is 0.900. The van der Waals surface area contributed by atoms with Crippen LogP contribution < -0.4 is 0 Å². The van der Waals surface area contributed by atoms with Gasteiger partial charge in [0, 0.05) is 6.61 Å². The van der Waals surface area contributed by atoms with Gasteiger partial charge in [-0.15, -0.1) is 0 Å². The van der Waals surface area contributed by atoms with Crippen LogP contribution in [0.5, 0.6) is 0 Å². The smallest absolute Gasteiger partial charge is 0.104 e. The fourth-order valence-corrected chi connectivity index (χ4v) is 1.07. The number of hydrogen-bond acceptors (Lipinski definition) is 4. The highest BCUT2D eigenvalue weighted by Crippen LogP contribution is 2.10. The summed E-state index contributed by atoms with van der Waals surface area (Å²) < 4.78 is 20.7. The van der Waals surface area contributed by atoms with Gasteiger partial charge in [-0.05, 0) is 12.8 Å². The second-order valence-electron chi connectivity index (χ2n) is 3.63. The molecule has 2 rings (SSSR count). The number of rotatable bonds is 9. The molecule has 2 fully saturated rings. The van der Waals surface area contributed by atoms with Gasteiger partial charge in [0.05, 0.1) is 33.0 Å². The Balaban J connectivity index is 1.25. The van der Waals surface area contributed by atoms with Gasteiger partial charge in [0.2, 0.25) is 0 Å². The molecule has 2 aliphatic heterocycles. The van der Waals surface area contributed by atoms with Crippen molar-refractivity contribution in [3.8, 4) is 0 Å². The lowest BCUT2D eigenvalue weighted by molar-refractivity contribution is 0.107. The van der Waals surface area contributed by atoms with Crippen molar-refractivity contribution in [2.24, 2.45) is 0 Å². The molecule has 4 heteroatoms. The van der Waals surface area contributed by atoms with Crippen molar-refractivity contribution in [1.29, 1.82) is 0 Å². The SMILES string of the molecule is [CH](CCCOCC1CO1)OCC1CO1. The molecular weight excluding hydrogens is 184 g/mol. The summed E-state index contributed by atoms with van der Waals surface area (Å²) in [6, 6.07) is 0. The summed E-state index contributed by atoms with van der Waals surface area (Å²) in [4.78, 5) is 0. The van der Waals surface area contributed by atoms with E-state index in [0.717, 1.165) is 39.3 Å². The van der Waals surface area contributed by atoms with Crippen LogP contribution in [0.4, 0.5) is 0 Å². The molecule has 2 aliphatic rings. The van der Waals surface area contributed by atoms with E-state index in [0.29, 0.717) is 18.8 Å². The summed E-state index contributed by atoms with van der Waals surface area (Å²) in [6.45, 7) is 5.82. The van der Waals surface area contributed by atoms with Gasteiger partial charge in [-0.25, -0.2) is 0 Å². The molecular formula is C10H17O4. The summed E-state index contributed by atoms with van der Waals surface area (Å²) >= 11 is 0. The highest BCUT2D eigenvalue weighted by atomic mass is 16.6. The van der Waals surface area contributed by atoms with Crippen LogP contribution in [0.25, 0.3) is 0 Å². The Morgan fingerprint density at radius 1 is 1.14 bits per heavy atom. The lowest BCUT2D eigenvalue weighted by Crippen LogP contribution is -2.03. The van der Waals surface area contributed by atoms with E-state index in [2.05, 4.69) is 0 Å². The summed E-state index contributed by atoms with van der Waals surface area (Å²) in [6.07, 6.45) is 2.69. The Morgan fingerprint density at radius 3 is 2.57 bits per heavy atom. The molecule has 4 nitrogen and oxygen atoms in total. The Hall–Kier alpha value is -0.160. The van der Waals surface area contributed by atoms with Crippen molar-refractivity contribution in [2.45, 2.75) is 25.0 Å². The van der Waals surface area contributed by atoms with Crippen LogP contribution in [0.3, 0.4) is 0 Å². The Labute approximate surface area is 84.5 Å². The zero-order valence-electron chi connectivity index (χ0n) is 8.31. The van der Waals surface area contributed by atoms with Gasteiger partial charge in [-0.2, -0.15) is 0 Å². The second kappa shape index (κ2) is 5.66. The van der Waals surface area contributed by atoms with E-state index in [1.807, 2.05) is 6.61 Å². The first-order valence-electron chi connectivity index (χ1n) is 5.19. The summed E-state index contributed by atoms with van der Waals surface area (Å²) in [7, 11) is 0. The first-order chi connectivity index (χ1) is 6.95. The Kier molecular flexibility index (Phi) is 4.19. The third-order valence-electron chi connectivity index (χ3n) is 2.12. The maximum atomic E-state index is 5.37. The fourth-order valence-electron chi connectivity index (χ4n) is 1.07. The minimum Gasteiger partial charge on any atom is -0.379 e. The van der Waals surface area contributed by atoms with E-state index in [-0.39, 0.29) is 0 Å². The predicted molar refractivity (Wildman–Crippen MR) is 49.8 cm³/mol. The van der Waals surface area contributed by atoms with Crippen LogP contribution in [-0.2, 0) is 18.9 Å². The van der Waals surface area contributed by atoms with Gasteiger partial charge in [-0.1, -0.05) is 0 Å². The number of hydrogen-bond donors (Lipinski definition) is 0. The van der Waals surface area contributed by atoms with Crippen molar-refractivity contribution >= 4 is 0 Å². The quantitative estimate of drug-likeness (QED) is 0.408. The van der Waals surface area contributed by atoms with E-state index in [1.165, 1.54) is 0 Å². The highest BCUT2D eigenvalue weighted by molar-refractivity contribution is 4.69. The summed E-state index contributed by atoms with van der Waals surface area (Å²) in [5, 5.41) is 0. The first-order valence-corrected chi connectivity index (χ1v) is 5.19. The molecule has 0 bridgehead atoms. The molecule has 0 aliphatic carbocycles. The second-order valence-corrected chi connectivity index (χ2v) is 3.63. The van der Waals surface area contributed by atoms with Crippen LogP contribution in [0.15, 0.2) is 0 Å². The highest BCUT2D eigenvalue weighted by Gasteiger charge is 2.22. The van der Waals surface area contributed by atoms with Crippen molar-refractivity contribution in [3.63, 3.8) is 0 Å².